The molecule has 30 heavy (non-hydrogen) atoms. The minimum atomic E-state index is -0.0454. The van der Waals surface area contributed by atoms with E-state index < -0.39 is 0 Å². The maximum atomic E-state index is 12.1. The van der Waals surface area contributed by atoms with Gasteiger partial charge in [-0.3, -0.25) is 9.36 Å². The van der Waals surface area contributed by atoms with Crippen LogP contribution >= 0.6 is 23.4 Å². The summed E-state index contributed by atoms with van der Waals surface area (Å²) in [6.45, 7) is 0.382. The van der Waals surface area contributed by atoms with Crippen LogP contribution in [0.4, 0.5) is 0 Å². The van der Waals surface area contributed by atoms with Crippen molar-refractivity contribution < 1.29 is 9.21 Å². The lowest BCUT2D eigenvalue weighted by Gasteiger charge is -2.11. The quantitative estimate of drug-likeness (QED) is 0.393. The Kier molecular flexibility index (Phi) is 6.51. The number of amides is 1. The van der Waals surface area contributed by atoms with E-state index in [2.05, 4.69) is 15.5 Å². The van der Waals surface area contributed by atoms with Gasteiger partial charge >= 0.3 is 0 Å². The van der Waals surface area contributed by atoms with E-state index in [1.165, 1.54) is 11.8 Å². The molecule has 0 aliphatic rings. The van der Waals surface area contributed by atoms with Crippen LogP contribution in [0.5, 0.6) is 0 Å². The average Bonchev–Trinajstić information content (AvgIpc) is 3.43. The Balaban J connectivity index is 1.49. The molecule has 0 radical (unpaired) electrons. The van der Waals surface area contributed by atoms with Gasteiger partial charge in [-0.1, -0.05) is 53.7 Å². The van der Waals surface area contributed by atoms with E-state index in [1.54, 1.807) is 12.3 Å². The molecule has 0 aliphatic carbocycles. The highest BCUT2D eigenvalue weighted by atomic mass is 35.5. The average molecular weight is 439 g/mol. The Hall–Kier alpha value is -3.03. The molecular weight excluding hydrogens is 420 g/mol. The monoisotopic (exact) mass is 438 g/mol. The molecule has 4 aromatic rings. The lowest BCUT2D eigenvalue weighted by molar-refractivity contribution is -0.120. The minimum Gasteiger partial charge on any atom is -0.467 e. The second-order valence-corrected chi connectivity index (χ2v) is 7.88. The molecule has 1 amide bonds. The van der Waals surface area contributed by atoms with Crippen molar-refractivity contribution in [1.29, 1.82) is 0 Å². The molecule has 0 unspecified atom stereocenters. The zero-order valence-corrected chi connectivity index (χ0v) is 17.6. The van der Waals surface area contributed by atoms with Crippen molar-refractivity contribution >= 4 is 29.3 Å². The second kappa shape index (κ2) is 9.65. The summed E-state index contributed by atoms with van der Waals surface area (Å²) in [5.41, 5.74) is 1.74. The number of halogens is 1. The van der Waals surface area contributed by atoms with Crippen LogP contribution in [0.15, 0.2) is 82.6 Å². The number of para-hydroxylation sites is 1. The number of carbonyl (C=O) groups excluding carboxylic acids is 1. The summed E-state index contributed by atoms with van der Waals surface area (Å²) in [5.74, 6) is 1.91. The number of nitrogens with one attached hydrogen (secondary N) is 1. The number of carbonyl (C=O) groups is 1. The topological polar surface area (TPSA) is 73.0 Å². The third-order valence-corrected chi connectivity index (χ3v) is 5.62. The van der Waals surface area contributed by atoms with Gasteiger partial charge in [0.1, 0.15) is 5.76 Å². The molecule has 6 nitrogen and oxygen atoms in total. The van der Waals surface area contributed by atoms with Crippen LogP contribution in [-0.2, 0) is 11.3 Å². The molecule has 0 fully saturated rings. The number of thioether (sulfide) groups is 1. The standard InChI is InChI=1S/C22H19ClN4O2S/c23-19-11-5-4-10-18(19)21-25-26-22(27(21)16-7-2-1-3-8-16)30-14-12-20(28)24-15-17-9-6-13-29-17/h1-11,13H,12,14-15H2,(H,24,28). The van der Waals surface area contributed by atoms with Gasteiger partial charge in [-0.15, -0.1) is 10.2 Å². The first-order chi connectivity index (χ1) is 14.7. The largest absolute Gasteiger partial charge is 0.467 e. The van der Waals surface area contributed by atoms with E-state index in [4.69, 9.17) is 16.0 Å². The Morgan fingerprint density at radius 1 is 1.03 bits per heavy atom. The fourth-order valence-electron chi connectivity index (χ4n) is 2.91. The van der Waals surface area contributed by atoms with Crippen LogP contribution in [0.3, 0.4) is 0 Å². The molecule has 152 valence electrons. The van der Waals surface area contributed by atoms with E-state index in [0.717, 1.165) is 17.0 Å². The van der Waals surface area contributed by atoms with Crippen LogP contribution in [0.1, 0.15) is 12.2 Å². The van der Waals surface area contributed by atoms with Crippen molar-refractivity contribution in [1.82, 2.24) is 20.1 Å². The first-order valence-electron chi connectivity index (χ1n) is 9.40. The van der Waals surface area contributed by atoms with Gasteiger partial charge in [-0.05, 0) is 36.4 Å². The van der Waals surface area contributed by atoms with Crippen LogP contribution in [-0.4, -0.2) is 26.4 Å². The molecule has 0 spiro atoms. The van der Waals surface area contributed by atoms with Crippen molar-refractivity contribution in [2.75, 3.05) is 5.75 Å². The van der Waals surface area contributed by atoms with Crippen LogP contribution in [0.2, 0.25) is 5.02 Å². The van der Waals surface area contributed by atoms with E-state index in [0.29, 0.717) is 34.7 Å². The summed E-state index contributed by atoms with van der Waals surface area (Å²) in [4.78, 5) is 12.1. The molecule has 0 atom stereocenters. The highest BCUT2D eigenvalue weighted by Crippen LogP contribution is 2.31. The summed E-state index contributed by atoms with van der Waals surface area (Å²) in [7, 11) is 0. The Labute approximate surface area is 183 Å². The number of nitrogens with zero attached hydrogens (tertiary/aromatic N) is 3. The maximum absolute atomic E-state index is 12.1. The molecule has 0 saturated carbocycles. The van der Waals surface area contributed by atoms with Crippen LogP contribution in [0.25, 0.3) is 17.1 Å². The van der Waals surface area contributed by atoms with Gasteiger partial charge in [-0.25, -0.2) is 0 Å². The number of aromatic nitrogens is 3. The van der Waals surface area contributed by atoms with Gasteiger partial charge in [0.15, 0.2) is 11.0 Å². The summed E-state index contributed by atoms with van der Waals surface area (Å²) >= 11 is 7.88. The second-order valence-electron chi connectivity index (χ2n) is 6.41. The molecule has 0 aliphatic heterocycles. The van der Waals surface area contributed by atoms with Gasteiger partial charge < -0.3 is 9.73 Å². The van der Waals surface area contributed by atoms with Crippen molar-refractivity contribution in [2.45, 2.75) is 18.1 Å². The molecule has 1 N–H and O–H groups in total. The molecule has 2 aromatic heterocycles. The first-order valence-corrected chi connectivity index (χ1v) is 10.8. The first kappa shape index (κ1) is 20.3. The number of benzene rings is 2. The van der Waals surface area contributed by atoms with E-state index in [1.807, 2.05) is 65.2 Å². The maximum Gasteiger partial charge on any atom is 0.221 e. The predicted octanol–water partition coefficient (Wildman–Crippen LogP) is 4.98. The van der Waals surface area contributed by atoms with Gasteiger partial charge in [0.05, 0.1) is 17.8 Å². The molecule has 2 aromatic carbocycles. The van der Waals surface area contributed by atoms with Crippen molar-refractivity contribution in [3.63, 3.8) is 0 Å². The van der Waals surface area contributed by atoms with Crippen molar-refractivity contribution in [3.05, 3.63) is 83.8 Å². The van der Waals surface area contributed by atoms with Gasteiger partial charge in [0, 0.05) is 23.4 Å². The number of hydrogen-bond donors (Lipinski definition) is 1. The minimum absolute atomic E-state index is 0.0454. The molecule has 0 bridgehead atoms. The van der Waals surface area contributed by atoms with E-state index >= 15 is 0 Å². The van der Waals surface area contributed by atoms with Crippen LogP contribution < -0.4 is 5.32 Å². The van der Waals surface area contributed by atoms with Crippen LogP contribution in [0, 0.1) is 0 Å². The summed E-state index contributed by atoms with van der Waals surface area (Å²) in [6.07, 6.45) is 1.94. The molecule has 8 heteroatoms. The smallest absolute Gasteiger partial charge is 0.221 e. The van der Waals surface area contributed by atoms with E-state index in [9.17, 15) is 4.79 Å². The van der Waals surface area contributed by atoms with Gasteiger partial charge in [0.2, 0.25) is 5.91 Å². The fraction of sp³-hybridized carbons (Fsp3) is 0.136. The normalized spacial score (nSPS) is 10.8. The molecule has 0 saturated heterocycles. The molecule has 4 rings (SSSR count). The van der Waals surface area contributed by atoms with Gasteiger partial charge in [0.25, 0.3) is 0 Å². The lowest BCUT2D eigenvalue weighted by Crippen LogP contribution is -2.22. The Morgan fingerprint density at radius 3 is 2.60 bits per heavy atom. The fourth-order valence-corrected chi connectivity index (χ4v) is 4.02. The lowest BCUT2D eigenvalue weighted by atomic mass is 10.2. The number of hydrogen-bond acceptors (Lipinski definition) is 5. The van der Waals surface area contributed by atoms with Gasteiger partial charge in [-0.2, -0.15) is 0 Å². The van der Waals surface area contributed by atoms with Crippen molar-refractivity contribution in [2.24, 2.45) is 0 Å². The van der Waals surface area contributed by atoms with Crippen molar-refractivity contribution in [3.8, 4) is 17.1 Å². The summed E-state index contributed by atoms with van der Waals surface area (Å²) in [5, 5.41) is 12.9. The predicted molar refractivity (Wildman–Crippen MR) is 118 cm³/mol. The summed E-state index contributed by atoms with van der Waals surface area (Å²) in [6, 6.07) is 21.0. The molecular formula is C22H19ClN4O2S. The highest BCUT2D eigenvalue weighted by Gasteiger charge is 2.18. The number of furan rings is 1. The molecule has 2 heterocycles. The Bertz CT molecular complexity index is 1110. The third kappa shape index (κ3) is 4.75. The summed E-state index contributed by atoms with van der Waals surface area (Å²) < 4.78 is 7.19. The zero-order chi connectivity index (χ0) is 20.8. The SMILES string of the molecule is O=C(CCSc1nnc(-c2ccccc2Cl)n1-c1ccccc1)NCc1ccco1. The zero-order valence-electron chi connectivity index (χ0n) is 16.0. The van der Waals surface area contributed by atoms with E-state index in [-0.39, 0.29) is 5.91 Å². The third-order valence-electron chi connectivity index (χ3n) is 4.36. The number of rotatable bonds is 8. The highest BCUT2D eigenvalue weighted by molar-refractivity contribution is 7.99. The Morgan fingerprint density at radius 2 is 1.83 bits per heavy atom.